The number of carbonyl (C=O) groups excluding carboxylic acids is 9. The highest BCUT2D eigenvalue weighted by atomic mass is 16.2. The Hall–Kier alpha value is -6.62. The molecule has 1 aliphatic rings. The van der Waals surface area contributed by atoms with Crippen molar-refractivity contribution < 1.29 is 43.2 Å². The molecule has 0 radical (unpaired) electrons. The van der Waals surface area contributed by atoms with Crippen molar-refractivity contribution in [2.45, 2.75) is 222 Å². The molecule has 89 heavy (non-hydrogen) atoms. The lowest BCUT2D eigenvalue weighted by molar-refractivity contribution is -0.132. The minimum absolute atomic E-state index is 0.00543. The zero-order valence-corrected chi connectivity index (χ0v) is 56.0. The second-order valence-corrected chi connectivity index (χ2v) is 25.7. The van der Waals surface area contributed by atoms with Gasteiger partial charge in [-0.2, -0.15) is 15.0 Å². The van der Waals surface area contributed by atoms with Crippen molar-refractivity contribution in [3.05, 3.63) is 12.2 Å². The van der Waals surface area contributed by atoms with E-state index in [0.29, 0.717) is 129 Å². The normalized spacial score (nSPS) is 12.5. The first-order valence-electron chi connectivity index (χ1n) is 33.7. The number of piperazine rings is 1. The molecule has 0 saturated carbocycles. The van der Waals surface area contributed by atoms with Gasteiger partial charge in [-0.3, -0.25) is 43.2 Å². The Morgan fingerprint density at radius 1 is 0.427 bits per heavy atom. The molecule has 0 unspecified atom stereocenters. The molecule has 0 atom stereocenters. The first-order valence-corrected chi connectivity index (χ1v) is 33.7. The minimum Gasteiger partial charge on any atom is -0.356 e. The molecule has 506 valence electrons. The van der Waals surface area contributed by atoms with E-state index < -0.39 is 0 Å². The van der Waals surface area contributed by atoms with Crippen molar-refractivity contribution in [1.82, 2.24) is 62.4 Å². The number of nitrogens with one attached hydrogen (secondary N) is 9. The van der Waals surface area contributed by atoms with Gasteiger partial charge in [0, 0.05) is 150 Å². The third-order valence-corrected chi connectivity index (χ3v) is 14.8. The molecule has 2 heterocycles. The maximum Gasteiger partial charge on any atom is 0.243 e. The van der Waals surface area contributed by atoms with Crippen LogP contribution in [0.2, 0.25) is 0 Å². The van der Waals surface area contributed by atoms with E-state index in [1.807, 2.05) is 17.9 Å². The lowest BCUT2D eigenvalue weighted by Crippen LogP contribution is -2.49. The van der Waals surface area contributed by atoms with Crippen LogP contribution in [0.1, 0.15) is 222 Å². The molecule has 9 N–H and O–H groups in total. The molecule has 0 aliphatic carbocycles. The number of hydrogen-bond donors (Lipinski definition) is 9. The van der Waals surface area contributed by atoms with Crippen LogP contribution in [-0.4, -0.2) is 171 Å². The second-order valence-electron chi connectivity index (χ2n) is 25.7. The molecule has 9 amide bonds. The largest absolute Gasteiger partial charge is 0.356 e. The fraction of sp³-hybridized carbons (Fsp3) is 0.785. The van der Waals surface area contributed by atoms with E-state index in [0.717, 1.165) is 89.9 Å². The zero-order valence-electron chi connectivity index (χ0n) is 56.0. The van der Waals surface area contributed by atoms with Crippen molar-refractivity contribution in [3.63, 3.8) is 0 Å². The molecule has 1 aromatic rings. The van der Waals surface area contributed by atoms with Gasteiger partial charge < -0.3 is 62.6 Å². The number of allylic oxidation sites excluding steroid dienone is 1. The summed E-state index contributed by atoms with van der Waals surface area (Å²) < 4.78 is 0. The number of carbonyl (C=O) groups is 9. The van der Waals surface area contributed by atoms with E-state index in [1.165, 1.54) is 0 Å². The van der Waals surface area contributed by atoms with Crippen LogP contribution in [0.5, 0.6) is 0 Å². The molecule has 0 aromatic carbocycles. The molecule has 24 heteroatoms. The van der Waals surface area contributed by atoms with E-state index in [-0.39, 0.29) is 128 Å². The number of rotatable bonds is 49. The number of nitrogens with zero attached hydrogens (tertiary/aromatic N) is 6. The molecule has 1 saturated heterocycles. The Kier molecular flexibility index (Phi) is 41.7. The van der Waals surface area contributed by atoms with Gasteiger partial charge in [-0.1, -0.05) is 100.0 Å². The Morgan fingerprint density at radius 3 is 1.29 bits per heavy atom. The van der Waals surface area contributed by atoms with Gasteiger partial charge >= 0.3 is 0 Å². The summed E-state index contributed by atoms with van der Waals surface area (Å²) in [6.45, 7) is 22.8. The molecule has 2 rings (SSSR count). The van der Waals surface area contributed by atoms with Gasteiger partial charge in [0.25, 0.3) is 0 Å². The monoisotopic (exact) mass is 1250 g/mol. The van der Waals surface area contributed by atoms with Crippen molar-refractivity contribution in [2.24, 2.45) is 10.8 Å². The maximum absolute atomic E-state index is 13.4. The van der Waals surface area contributed by atoms with Crippen LogP contribution in [0.3, 0.4) is 0 Å². The first-order chi connectivity index (χ1) is 42.6. The second kappa shape index (κ2) is 47.3. The molecule has 0 bridgehead atoms. The van der Waals surface area contributed by atoms with Gasteiger partial charge in [0.2, 0.25) is 71.0 Å². The lowest BCUT2D eigenvalue weighted by atomic mass is 9.89. The fourth-order valence-electron chi connectivity index (χ4n) is 9.50. The summed E-state index contributed by atoms with van der Waals surface area (Å²) >= 11 is 0. The lowest BCUT2D eigenvalue weighted by Gasteiger charge is -2.35. The quantitative estimate of drug-likeness (QED) is 0.0248. The average Bonchev–Trinajstić information content (AvgIpc) is 1.67. The Labute approximate surface area is 533 Å². The highest BCUT2D eigenvalue weighted by Gasteiger charge is 2.26. The third-order valence-electron chi connectivity index (χ3n) is 14.8. The average molecular weight is 1250 g/mol. The summed E-state index contributed by atoms with van der Waals surface area (Å²) in [6, 6.07) is 0. The zero-order chi connectivity index (χ0) is 65.6. The van der Waals surface area contributed by atoms with Crippen LogP contribution in [0.15, 0.2) is 12.2 Å². The van der Waals surface area contributed by atoms with E-state index >= 15 is 0 Å². The van der Waals surface area contributed by atoms with E-state index in [2.05, 4.69) is 96.3 Å². The Bertz CT molecular complexity index is 2200. The van der Waals surface area contributed by atoms with Gasteiger partial charge in [0.05, 0.1) is 0 Å². The molecule has 1 aliphatic heterocycles. The van der Waals surface area contributed by atoms with Crippen LogP contribution in [0, 0.1) is 10.8 Å². The van der Waals surface area contributed by atoms with Crippen LogP contribution in [0.4, 0.5) is 17.8 Å². The Balaban J connectivity index is 2.15. The third kappa shape index (κ3) is 42.9. The van der Waals surface area contributed by atoms with Gasteiger partial charge in [-0.15, -0.1) is 0 Å². The number of hydrogen-bond acceptors (Lipinski definition) is 15. The number of unbranched alkanes of at least 4 members (excludes halogenated alkanes) is 7. The van der Waals surface area contributed by atoms with Gasteiger partial charge in [-0.25, -0.2) is 0 Å². The van der Waals surface area contributed by atoms with E-state index in [9.17, 15) is 43.2 Å². The highest BCUT2D eigenvalue weighted by molar-refractivity contribution is 5.87. The van der Waals surface area contributed by atoms with Gasteiger partial charge in [0.15, 0.2) is 0 Å². The number of amides is 9. The maximum atomic E-state index is 13.4. The van der Waals surface area contributed by atoms with Crippen molar-refractivity contribution >= 4 is 71.0 Å². The van der Waals surface area contributed by atoms with Crippen molar-refractivity contribution in [3.8, 4) is 0 Å². The predicted molar refractivity (Wildman–Crippen MR) is 353 cm³/mol. The summed E-state index contributed by atoms with van der Waals surface area (Å²) in [5.41, 5.74) is 0.451. The van der Waals surface area contributed by atoms with Crippen molar-refractivity contribution in [1.29, 1.82) is 0 Å². The first kappa shape index (κ1) is 78.5. The standard InChI is InChI=1S/C65H117N15O9/c1-9-11-15-27-53(82)68-39-23-42-71-57(86)32-45-74-61-75-62(77-63(76-61)80-50-48-78(49-51-80)60(89)31-22-30-56(85)67-38-21-14-13-20-37-66-52(81)26-12-10-2)79(46-33-58(87)72-43-24-40-69-54(83)28-16-18-35-64(3,4)5)47-34-59(88)73-44-25-41-70-55(84)29-17-19-36-65(6,7)8/h12,26H,9-11,13-25,27-51H2,1-8H3,(H,66,81)(H,67,85)(H,68,82)(H,69,83)(H,70,84)(H,71,86)(H,72,87)(H,73,88)(H,74,75,76,77)/b26-12+. The van der Waals surface area contributed by atoms with Crippen LogP contribution in [-0.2, 0) is 43.2 Å². The molecule has 1 aromatic heterocycles. The summed E-state index contributed by atoms with van der Waals surface area (Å²) in [6.07, 6.45) is 20.5. The SMILES string of the molecule is CC/C=C/C(=O)NCCCCCCNC(=O)CCCC(=O)N1CCN(c2nc(NCCC(=O)NCCCNC(=O)CCCCC)nc(N(CCC(=O)NCCCNC(=O)CCCCC(C)(C)C)CCC(=O)NCCCNC(=O)CCCCC(C)(C)C)n2)CC1. The molecule has 1 fully saturated rings. The fourth-order valence-corrected chi connectivity index (χ4v) is 9.50. The summed E-state index contributed by atoms with van der Waals surface area (Å²) in [7, 11) is 0. The minimum atomic E-state index is -0.235. The number of aromatic nitrogens is 3. The van der Waals surface area contributed by atoms with Crippen LogP contribution >= 0.6 is 0 Å². The molecular formula is C65H117N15O9. The summed E-state index contributed by atoms with van der Waals surface area (Å²) in [5, 5.41) is 26.6. The summed E-state index contributed by atoms with van der Waals surface area (Å²) in [4.78, 5) is 134. The predicted octanol–water partition coefficient (Wildman–Crippen LogP) is 6.50. The topological polar surface area (TPSA) is 310 Å². The smallest absolute Gasteiger partial charge is 0.243 e. The highest BCUT2D eigenvalue weighted by Crippen LogP contribution is 2.24. The van der Waals surface area contributed by atoms with E-state index in [1.54, 1.807) is 15.9 Å². The van der Waals surface area contributed by atoms with Gasteiger partial charge in [-0.05, 0) is 94.0 Å². The van der Waals surface area contributed by atoms with Crippen LogP contribution < -0.4 is 57.7 Å². The number of anilines is 3. The van der Waals surface area contributed by atoms with E-state index in [4.69, 9.17) is 15.0 Å². The van der Waals surface area contributed by atoms with Crippen LogP contribution in [0.25, 0.3) is 0 Å². The Morgan fingerprint density at radius 2 is 0.843 bits per heavy atom. The van der Waals surface area contributed by atoms with Crippen molar-refractivity contribution in [2.75, 3.05) is 113 Å². The summed E-state index contributed by atoms with van der Waals surface area (Å²) in [5.74, 6) is -0.225. The molecular weight excluding hydrogens is 1130 g/mol. The molecule has 24 nitrogen and oxygen atoms in total. The van der Waals surface area contributed by atoms with Gasteiger partial charge in [0.1, 0.15) is 0 Å². The molecule has 0 spiro atoms.